The summed E-state index contributed by atoms with van der Waals surface area (Å²) in [6.07, 6.45) is -2.88. The number of halogens is 5. The molecule has 13 heteroatoms. The molecule has 3 aromatic rings. The highest BCUT2D eigenvalue weighted by atomic mass is 19.4. The topological polar surface area (TPSA) is 109 Å². The number of amides is 1. The van der Waals surface area contributed by atoms with Gasteiger partial charge in [-0.25, -0.2) is 8.78 Å². The van der Waals surface area contributed by atoms with Crippen molar-refractivity contribution in [2.45, 2.75) is 24.6 Å². The Labute approximate surface area is 206 Å². The zero-order valence-corrected chi connectivity index (χ0v) is 19.1. The van der Waals surface area contributed by atoms with Gasteiger partial charge in [-0.15, -0.1) is 13.2 Å². The molecule has 1 unspecified atom stereocenters. The largest absolute Gasteiger partial charge is 0.573 e. The molecule has 1 amide bonds. The second kappa shape index (κ2) is 9.56. The van der Waals surface area contributed by atoms with Gasteiger partial charge >= 0.3 is 6.36 Å². The van der Waals surface area contributed by atoms with E-state index in [1.54, 1.807) is 0 Å². The van der Waals surface area contributed by atoms with E-state index in [4.69, 9.17) is 15.2 Å². The maximum Gasteiger partial charge on any atom is 0.573 e. The summed E-state index contributed by atoms with van der Waals surface area (Å²) >= 11 is 0. The van der Waals surface area contributed by atoms with E-state index in [1.165, 1.54) is 31.5 Å². The molecule has 1 aliphatic carbocycles. The number of nitrogens with two attached hydrogens (primary N) is 1. The van der Waals surface area contributed by atoms with E-state index >= 15 is 0 Å². The van der Waals surface area contributed by atoms with Crippen molar-refractivity contribution in [2.24, 2.45) is 5.73 Å². The maximum absolute atomic E-state index is 13.7. The van der Waals surface area contributed by atoms with Crippen molar-refractivity contribution in [3.05, 3.63) is 72.3 Å². The third-order valence-electron chi connectivity index (χ3n) is 5.25. The van der Waals surface area contributed by atoms with Crippen LogP contribution >= 0.6 is 0 Å². The summed E-state index contributed by atoms with van der Waals surface area (Å²) in [7, 11) is 1.18. The number of benzene rings is 1. The number of rotatable bonds is 8. The average molecular weight is 522 g/mol. The van der Waals surface area contributed by atoms with Crippen LogP contribution in [0.15, 0.2) is 55.4 Å². The lowest BCUT2D eigenvalue weighted by Gasteiger charge is -2.16. The molecule has 0 radical (unpaired) electrons. The van der Waals surface area contributed by atoms with Crippen molar-refractivity contribution in [3.63, 3.8) is 0 Å². The van der Waals surface area contributed by atoms with Gasteiger partial charge in [0.15, 0.2) is 11.5 Å². The summed E-state index contributed by atoms with van der Waals surface area (Å²) in [5.41, 5.74) is 6.27. The van der Waals surface area contributed by atoms with Crippen LogP contribution in [0, 0.1) is 0 Å². The normalized spacial score (nSPS) is 16.0. The van der Waals surface area contributed by atoms with Gasteiger partial charge in [0.25, 0.3) is 11.8 Å². The zero-order valence-electron chi connectivity index (χ0n) is 19.1. The lowest BCUT2D eigenvalue weighted by molar-refractivity contribution is -0.274. The minimum absolute atomic E-state index is 0.0156. The van der Waals surface area contributed by atoms with Gasteiger partial charge in [0.05, 0.1) is 30.1 Å². The number of nitrogens with one attached hydrogen (secondary N) is 1. The molecule has 0 spiro atoms. The third-order valence-corrected chi connectivity index (χ3v) is 5.25. The molecule has 8 nitrogen and oxygen atoms in total. The highest BCUT2D eigenvalue weighted by molar-refractivity contribution is 6.06. The molecule has 1 aromatic carbocycles. The van der Waals surface area contributed by atoms with Gasteiger partial charge in [0.2, 0.25) is 0 Å². The summed E-state index contributed by atoms with van der Waals surface area (Å²) in [5, 5.41) is 2.60. The van der Waals surface area contributed by atoms with E-state index in [0.29, 0.717) is 11.4 Å². The first kappa shape index (κ1) is 25.7. The Morgan fingerprint density at radius 1 is 1.14 bits per heavy atom. The molecule has 37 heavy (non-hydrogen) atoms. The summed E-state index contributed by atoms with van der Waals surface area (Å²) in [6, 6.07) is 7.16. The number of pyridine rings is 2. The number of ether oxygens (including phenoxy) is 3. The Morgan fingerprint density at radius 2 is 1.86 bits per heavy atom. The van der Waals surface area contributed by atoms with Crippen LogP contribution in [-0.4, -0.2) is 35.3 Å². The highest BCUT2D eigenvalue weighted by Crippen LogP contribution is 2.55. The fraction of sp³-hybridized carbons (Fsp3) is 0.208. The van der Waals surface area contributed by atoms with E-state index in [2.05, 4.69) is 26.6 Å². The van der Waals surface area contributed by atoms with Gasteiger partial charge in [0.1, 0.15) is 17.1 Å². The molecule has 2 heterocycles. The van der Waals surface area contributed by atoms with Crippen molar-refractivity contribution in [1.29, 1.82) is 0 Å². The van der Waals surface area contributed by atoms with Crippen molar-refractivity contribution in [2.75, 3.05) is 12.4 Å². The number of hydrogen-bond donors (Lipinski definition) is 2. The lowest BCUT2D eigenvalue weighted by Crippen LogP contribution is -2.17. The number of hydrogen-bond acceptors (Lipinski definition) is 7. The van der Waals surface area contributed by atoms with Crippen molar-refractivity contribution in [3.8, 4) is 23.0 Å². The number of aromatic nitrogens is 2. The molecule has 194 valence electrons. The van der Waals surface area contributed by atoms with Gasteiger partial charge in [-0.3, -0.25) is 14.8 Å². The molecule has 0 aliphatic heterocycles. The predicted molar refractivity (Wildman–Crippen MR) is 122 cm³/mol. The van der Waals surface area contributed by atoms with E-state index in [0.717, 1.165) is 24.4 Å². The highest BCUT2D eigenvalue weighted by Gasteiger charge is 2.58. The molecular formula is C24H19F5N4O4. The van der Waals surface area contributed by atoms with Crippen LogP contribution in [0.2, 0.25) is 0 Å². The van der Waals surface area contributed by atoms with Crippen molar-refractivity contribution in [1.82, 2.24) is 9.97 Å². The molecule has 1 saturated carbocycles. The van der Waals surface area contributed by atoms with Crippen molar-refractivity contribution < 1.29 is 41.0 Å². The number of methoxy groups -OCH3 is 1. The fourth-order valence-electron chi connectivity index (χ4n) is 3.36. The molecule has 1 atom stereocenters. The number of anilines is 1. The molecule has 4 rings (SSSR count). The number of carbonyl (C=O) groups is 1. The average Bonchev–Trinajstić information content (AvgIpc) is 3.47. The molecule has 1 aliphatic rings. The third kappa shape index (κ3) is 6.05. The minimum Gasteiger partial charge on any atom is -0.493 e. The van der Waals surface area contributed by atoms with E-state index in [-0.39, 0.29) is 34.2 Å². The maximum atomic E-state index is 13.7. The molecule has 0 saturated heterocycles. The predicted octanol–water partition coefficient (Wildman–Crippen LogP) is 5.48. The molecule has 2 aromatic heterocycles. The Morgan fingerprint density at radius 3 is 2.49 bits per heavy atom. The van der Waals surface area contributed by atoms with E-state index < -0.39 is 36.3 Å². The second-order valence-corrected chi connectivity index (χ2v) is 7.99. The van der Waals surface area contributed by atoms with E-state index in [9.17, 15) is 26.7 Å². The molecule has 3 N–H and O–H groups in total. The van der Waals surface area contributed by atoms with Crippen LogP contribution in [0.3, 0.4) is 0 Å². The standard InChI is InChI=1S/C24H19F5N4O4/c1-12(30)17-7-13(5-6-31-17)33-22(34)15-11-32-18(16-10-23(16,25)26)9-20(15)36-19-4-3-14(8-21(19)35-2)37-24(27,28)29/h3-9,11,16H,1,10,30H2,2H3,(H,31,33,34). The zero-order chi connectivity index (χ0) is 27.0. The summed E-state index contributed by atoms with van der Waals surface area (Å²) < 4.78 is 79.8. The van der Waals surface area contributed by atoms with Gasteiger partial charge in [0, 0.05) is 36.6 Å². The molecule has 0 bridgehead atoms. The first-order chi connectivity index (χ1) is 17.4. The van der Waals surface area contributed by atoms with Gasteiger partial charge in [-0.2, -0.15) is 0 Å². The SMILES string of the molecule is C=C(N)c1cc(NC(=O)c2cnc(C3CC3(F)F)cc2Oc2ccc(OC(F)(F)F)cc2OC)ccn1. The fourth-order valence-corrected chi connectivity index (χ4v) is 3.36. The summed E-state index contributed by atoms with van der Waals surface area (Å²) in [5.74, 6) is -5.83. The Hall–Kier alpha value is -4.42. The second-order valence-electron chi connectivity index (χ2n) is 7.99. The minimum atomic E-state index is -4.93. The van der Waals surface area contributed by atoms with Gasteiger partial charge in [-0.1, -0.05) is 6.58 Å². The van der Waals surface area contributed by atoms with Crippen LogP contribution in [-0.2, 0) is 0 Å². The van der Waals surface area contributed by atoms with Gasteiger partial charge in [-0.05, 0) is 24.3 Å². The monoisotopic (exact) mass is 522 g/mol. The first-order valence-electron chi connectivity index (χ1n) is 10.6. The van der Waals surface area contributed by atoms with E-state index in [1.807, 2.05) is 0 Å². The Bertz CT molecular complexity index is 1360. The smallest absolute Gasteiger partial charge is 0.493 e. The van der Waals surface area contributed by atoms with Crippen LogP contribution in [0.1, 0.15) is 34.1 Å². The molecular weight excluding hydrogens is 503 g/mol. The van der Waals surface area contributed by atoms with Crippen LogP contribution in [0.25, 0.3) is 5.70 Å². The Kier molecular flexibility index (Phi) is 6.63. The van der Waals surface area contributed by atoms with Crippen molar-refractivity contribution >= 4 is 17.3 Å². The number of nitrogens with zero attached hydrogens (tertiary/aromatic N) is 2. The summed E-state index contributed by atoms with van der Waals surface area (Å²) in [4.78, 5) is 21.1. The Balaban J connectivity index is 1.67. The quantitative estimate of drug-likeness (QED) is 0.377. The van der Waals surface area contributed by atoms with Gasteiger partial charge < -0.3 is 25.3 Å². The lowest BCUT2D eigenvalue weighted by atomic mass is 10.1. The van der Waals surface area contributed by atoms with Crippen LogP contribution < -0.4 is 25.3 Å². The van der Waals surface area contributed by atoms with Crippen LogP contribution in [0.4, 0.5) is 27.6 Å². The molecule has 1 fully saturated rings. The number of alkyl halides is 5. The number of carbonyl (C=O) groups excluding carboxylic acids is 1. The first-order valence-corrected chi connectivity index (χ1v) is 10.6. The van der Waals surface area contributed by atoms with Crippen LogP contribution in [0.5, 0.6) is 23.0 Å². The summed E-state index contributed by atoms with van der Waals surface area (Å²) in [6.45, 7) is 3.58.